The Hall–Kier alpha value is -1.89. The fourth-order valence-electron chi connectivity index (χ4n) is 2.22. The van der Waals surface area contributed by atoms with E-state index in [4.69, 9.17) is 11.6 Å². The Kier molecular flexibility index (Phi) is 3.44. The van der Waals surface area contributed by atoms with Crippen molar-refractivity contribution in [3.05, 3.63) is 59.5 Å². The lowest BCUT2D eigenvalue weighted by Gasteiger charge is -2.10. The van der Waals surface area contributed by atoms with Crippen LogP contribution in [0.15, 0.2) is 53.6 Å². The fourth-order valence-corrected chi connectivity index (χ4v) is 3.98. The Morgan fingerprint density at radius 3 is 2.57 bits per heavy atom. The number of nitrogens with zero attached hydrogens (tertiary/aromatic N) is 2. The molecule has 0 bridgehead atoms. The summed E-state index contributed by atoms with van der Waals surface area (Å²) in [7, 11) is -3.81. The van der Waals surface area contributed by atoms with E-state index in [0.717, 1.165) is 3.97 Å². The van der Waals surface area contributed by atoms with Crippen LogP contribution in [-0.4, -0.2) is 22.5 Å². The van der Waals surface area contributed by atoms with Gasteiger partial charge in [-0.25, -0.2) is 17.4 Å². The number of hydrogen-bond donors (Lipinski definition) is 1. The minimum absolute atomic E-state index is 0.144. The SMILES string of the molecule is O=S(=O)(c1ccccc1)n1c(CO)cc2c(Cl)nccc21. The summed E-state index contributed by atoms with van der Waals surface area (Å²) in [5.74, 6) is 0. The van der Waals surface area contributed by atoms with Gasteiger partial charge >= 0.3 is 0 Å². The maximum atomic E-state index is 12.8. The molecule has 1 N–H and O–H groups in total. The molecule has 0 aliphatic rings. The zero-order valence-corrected chi connectivity index (χ0v) is 12.3. The first-order chi connectivity index (χ1) is 10.1. The molecule has 3 aromatic rings. The molecular weight excluding hydrogens is 312 g/mol. The molecule has 0 spiro atoms. The van der Waals surface area contributed by atoms with E-state index in [0.29, 0.717) is 10.9 Å². The average molecular weight is 323 g/mol. The number of fused-ring (bicyclic) bond motifs is 1. The van der Waals surface area contributed by atoms with Crippen LogP contribution in [0.3, 0.4) is 0 Å². The summed E-state index contributed by atoms with van der Waals surface area (Å²) in [4.78, 5) is 4.07. The summed E-state index contributed by atoms with van der Waals surface area (Å²) in [5.41, 5.74) is 0.631. The molecule has 21 heavy (non-hydrogen) atoms. The Morgan fingerprint density at radius 1 is 1.19 bits per heavy atom. The Morgan fingerprint density at radius 2 is 1.90 bits per heavy atom. The summed E-state index contributed by atoms with van der Waals surface area (Å²) in [5, 5.41) is 10.2. The zero-order valence-electron chi connectivity index (χ0n) is 10.8. The van der Waals surface area contributed by atoms with E-state index in [9.17, 15) is 13.5 Å². The normalized spacial score (nSPS) is 11.9. The molecule has 2 aromatic heterocycles. The second-order valence-corrected chi connectivity index (χ2v) is 6.56. The van der Waals surface area contributed by atoms with Gasteiger partial charge in [0.15, 0.2) is 0 Å². The number of aromatic nitrogens is 2. The quantitative estimate of drug-likeness (QED) is 0.752. The summed E-state index contributed by atoms with van der Waals surface area (Å²) in [6, 6.07) is 11.1. The number of rotatable bonds is 3. The standard InChI is InChI=1S/C14H11ClN2O3S/c15-14-12-8-10(9-18)17(13(12)6-7-16-14)21(19,20)11-4-2-1-3-5-11/h1-8,18H,9H2. The maximum Gasteiger partial charge on any atom is 0.268 e. The van der Waals surface area contributed by atoms with Gasteiger partial charge in [0.25, 0.3) is 10.0 Å². The lowest BCUT2D eigenvalue weighted by Crippen LogP contribution is -2.15. The number of pyridine rings is 1. The van der Waals surface area contributed by atoms with Crippen LogP contribution < -0.4 is 0 Å². The van der Waals surface area contributed by atoms with E-state index in [1.807, 2.05) is 0 Å². The van der Waals surface area contributed by atoms with Gasteiger partial charge < -0.3 is 5.11 Å². The van der Waals surface area contributed by atoms with Crippen molar-refractivity contribution in [2.45, 2.75) is 11.5 Å². The highest BCUT2D eigenvalue weighted by molar-refractivity contribution is 7.90. The first-order valence-corrected chi connectivity index (χ1v) is 7.94. The van der Waals surface area contributed by atoms with Crippen molar-refractivity contribution in [3.8, 4) is 0 Å². The van der Waals surface area contributed by atoms with Crippen LogP contribution in [-0.2, 0) is 16.6 Å². The highest BCUT2D eigenvalue weighted by atomic mass is 35.5. The highest BCUT2D eigenvalue weighted by Crippen LogP contribution is 2.29. The second kappa shape index (κ2) is 5.14. The molecule has 3 rings (SSSR count). The van der Waals surface area contributed by atoms with Crippen LogP contribution in [0.1, 0.15) is 5.69 Å². The van der Waals surface area contributed by atoms with E-state index >= 15 is 0 Å². The smallest absolute Gasteiger partial charge is 0.268 e. The Labute approximate surface area is 126 Å². The van der Waals surface area contributed by atoms with Crippen LogP contribution in [0.25, 0.3) is 10.9 Å². The molecule has 108 valence electrons. The second-order valence-electron chi connectivity index (χ2n) is 4.41. The van der Waals surface area contributed by atoms with Gasteiger partial charge in [0, 0.05) is 11.6 Å². The van der Waals surface area contributed by atoms with Crippen molar-refractivity contribution in [2.24, 2.45) is 0 Å². The van der Waals surface area contributed by atoms with Crippen molar-refractivity contribution in [1.82, 2.24) is 8.96 Å². The Bertz CT molecular complexity index is 905. The van der Waals surface area contributed by atoms with Gasteiger partial charge in [-0.05, 0) is 24.3 Å². The van der Waals surface area contributed by atoms with Crippen molar-refractivity contribution >= 4 is 32.5 Å². The lowest BCUT2D eigenvalue weighted by molar-refractivity contribution is 0.276. The highest BCUT2D eigenvalue weighted by Gasteiger charge is 2.23. The fraction of sp³-hybridized carbons (Fsp3) is 0.0714. The third-order valence-corrected chi connectivity index (χ3v) is 5.23. The van der Waals surface area contributed by atoms with E-state index in [2.05, 4.69) is 4.98 Å². The first-order valence-electron chi connectivity index (χ1n) is 6.12. The molecule has 0 amide bonds. The molecule has 0 saturated heterocycles. The zero-order chi connectivity index (χ0) is 15.0. The Balaban J connectivity index is 2.37. The predicted octanol–water partition coefficient (Wildman–Crippen LogP) is 2.42. The van der Waals surface area contributed by atoms with Gasteiger partial charge in [0.05, 0.1) is 22.7 Å². The summed E-state index contributed by atoms with van der Waals surface area (Å²) < 4.78 is 26.7. The first kappa shape index (κ1) is 14.1. The number of aliphatic hydroxyl groups excluding tert-OH is 1. The van der Waals surface area contributed by atoms with Crippen LogP contribution in [0.2, 0.25) is 5.15 Å². The topological polar surface area (TPSA) is 72.2 Å². The maximum absolute atomic E-state index is 12.8. The van der Waals surface area contributed by atoms with Gasteiger partial charge in [-0.3, -0.25) is 0 Å². The molecule has 5 nitrogen and oxygen atoms in total. The summed E-state index contributed by atoms with van der Waals surface area (Å²) in [6.45, 7) is -0.420. The minimum Gasteiger partial charge on any atom is -0.390 e. The molecular formula is C14H11ClN2O3S. The lowest BCUT2D eigenvalue weighted by atomic mass is 10.3. The number of benzene rings is 1. The third-order valence-electron chi connectivity index (χ3n) is 3.15. The summed E-state index contributed by atoms with van der Waals surface area (Å²) in [6.07, 6.45) is 1.43. The molecule has 0 radical (unpaired) electrons. The largest absolute Gasteiger partial charge is 0.390 e. The number of aliphatic hydroxyl groups is 1. The van der Waals surface area contributed by atoms with Crippen molar-refractivity contribution in [2.75, 3.05) is 0 Å². The molecule has 0 fully saturated rings. The van der Waals surface area contributed by atoms with Crippen molar-refractivity contribution in [3.63, 3.8) is 0 Å². The van der Waals surface area contributed by atoms with Gasteiger partial charge in [-0.1, -0.05) is 29.8 Å². The van der Waals surface area contributed by atoms with Gasteiger partial charge in [-0.2, -0.15) is 0 Å². The van der Waals surface area contributed by atoms with Crippen LogP contribution >= 0.6 is 11.6 Å². The number of halogens is 1. The third kappa shape index (κ3) is 2.21. The van der Waals surface area contributed by atoms with E-state index in [1.165, 1.54) is 24.4 Å². The van der Waals surface area contributed by atoms with Gasteiger partial charge in [-0.15, -0.1) is 0 Å². The molecule has 2 heterocycles. The average Bonchev–Trinajstić information content (AvgIpc) is 2.89. The van der Waals surface area contributed by atoms with Crippen molar-refractivity contribution in [1.29, 1.82) is 0 Å². The molecule has 7 heteroatoms. The van der Waals surface area contributed by atoms with Gasteiger partial charge in [0.1, 0.15) is 5.15 Å². The van der Waals surface area contributed by atoms with Crippen LogP contribution in [0.5, 0.6) is 0 Å². The van der Waals surface area contributed by atoms with Crippen molar-refractivity contribution < 1.29 is 13.5 Å². The minimum atomic E-state index is -3.81. The summed E-state index contributed by atoms with van der Waals surface area (Å²) >= 11 is 5.99. The molecule has 1 aromatic carbocycles. The van der Waals surface area contributed by atoms with E-state index < -0.39 is 16.6 Å². The van der Waals surface area contributed by atoms with Gasteiger partial charge in [0.2, 0.25) is 0 Å². The monoisotopic (exact) mass is 322 g/mol. The molecule has 0 unspecified atom stereocenters. The molecule has 0 aliphatic carbocycles. The molecule has 0 saturated carbocycles. The van der Waals surface area contributed by atoms with E-state index in [-0.39, 0.29) is 15.7 Å². The van der Waals surface area contributed by atoms with Crippen LogP contribution in [0.4, 0.5) is 0 Å². The number of hydrogen-bond acceptors (Lipinski definition) is 4. The molecule has 0 aliphatic heterocycles. The molecule has 0 atom stereocenters. The predicted molar refractivity (Wildman–Crippen MR) is 79.7 cm³/mol. The van der Waals surface area contributed by atoms with E-state index in [1.54, 1.807) is 24.3 Å². The van der Waals surface area contributed by atoms with Crippen LogP contribution in [0, 0.1) is 0 Å².